The largest absolute Gasteiger partial charge is 0.451 e. The van der Waals surface area contributed by atoms with Gasteiger partial charge in [0.15, 0.2) is 11.6 Å². The molecule has 3 rings (SSSR count). The summed E-state index contributed by atoms with van der Waals surface area (Å²) in [7, 11) is 0. The first-order valence-electron chi connectivity index (χ1n) is 6.66. The highest BCUT2D eigenvalue weighted by Gasteiger charge is 2.16. The average molecular weight is 350 g/mol. The molecule has 116 valence electrons. The molecule has 0 radical (unpaired) electrons. The third-order valence-electron chi connectivity index (χ3n) is 3.17. The van der Waals surface area contributed by atoms with Crippen molar-refractivity contribution in [3.05, 3.63) is 76.2 Å². The molecule has 1 heterocycles. The zero-order valence-corrected chi connectivity index (χ0v) is 13.2. The number of hydrogen-bond donors (Lipinski definition) is 1. The Hall–Kier alpha value is -2.30. The topological polar surface area (TPSA) is 42.2 Å². The van der Waals surface area contributed by atoms with E-state index in [4.69, 9.17) is 27.6 Å². The highest BCUT2D eigenvalue weighted by atomic mass is 35.5. The first-order valence-corrected chi connectivity index (χ1v) is 7.42. The van der Waals surface area contributed by atoms with Crippen molar-refractivity contribution in [2.75, 3.05) is 5.32 Å². The van der Waals surface area contributed by atoms with Gasteiger partial charge in [0.05, 0.1) is 15.7 Å². The number of anilines is 1. The van der Waals surface area contributed by atoms with Crippen LogP contribution < -0.4 is 5.32 Å². The molecule has 6 heteroatoms. The molecule has 23 heavy (non-hydrogen) atoms. The average Bonchev–Trinajstić information content (AvgIpc) is 3.02. The lowest BCUT2D eigenvalue weighted by atomic mass is 10.2. The molecule has 1 N–H and O–H groups in total. The molecule has 3 aromatic rings. The van der Waals surface area contributed by atoms with Gasteiger partial charge in [0.25, 0.3) is 5.91 Å². The minimum absolute atomic E-state index is 0.0156. The van der Waals surface area contributed by atoms with E-state index < -0.39 is 11.7 Å². The molecule has 0 spiro atoms. The van der Waals surface area contributed by atoms with Gasteiger partial charge in [-0.3, -0.25) is 4.79 Å². The Labute approximate surface area is 141 Å². The maximum atomic E-state index is 13.8. The summed E-state index contributed by atoms with van der Waals surface area (Å²) >= 11 is 11.8. The SMILES string of the molecule is O=C(Nc1cccc(Cl)c1F)c1ccc(-c2ccccc2Cl)o1. The van der Waals surface area contributed by atoms with Crippen molar-refractivity contribution in [1.82, 2.24) is 0 Å². The van der Waals surface area contributed by atoms with Gasteiger partial charge in [0.1, 0.15) is 5.76 Å². The Morgan fingerprint density at radius 1 is 0.957 bits per heavy atom. The van der Waals surface area contributed by atoms with E-state index >= 15 is 0 Å². The predicted octanol–water partition coefficient (Wildman–Crippen LogP) is 5.64. The standard InChI is InChI=1S/C17H10Cl2FNO2/c18-11-5-2-1-4-10(11)14-8-9-15(23-14)17(22)21-13-7-3-6-12(19)16(13)20/h1-9H,(H,21,22). The number of carbonyl (C=O) groups excluding carboxylic acids is 1. The second-order valence-corrected chi connectivity index (χ2v) is 5.51. The monoisotopic (exact) mass is 349 g/mol. The third kappa shape index (κ3) is 3.23. The Kier molecular flexibility index (Phi) is 4.37. The highest BCUT2D eigenvalue weighted by Crippen LogP contribution is 2.29. The molecule has 0 saturated carbocycles. The highest BCUT2D eigenvalue weighted by molar-refractivity contribution is 6.33. The van der Waals surface area contributed by atoms with Crippen molar-refractivity contribution in [2.45, 2.75) is 0 Å². The number of amides is 1. The molecule has 2 aromatic carbocycles. The second kappa shape index (κ2) is 6.44. The van der Waals surface area contributed by atoms with Crippen LogP contribution in [0, 0.1) is 5.82 Å². The Balaban J connectivity index is 1.84. The van der Waals surface area contributed by atoms with E-state index in [0.717, 1.165) is 0 Å². The van der Waals surface area contributed by atoms with Gasteiger partial charge in [-0.2, -0.15) is 0 Å². The molecule has 0 unspecified atom stereocenters. The van der Waals surface area contributed by atoms with E-state index in [1.807, 2.05) is 6.07 Å². The third-order valence-corrected chi connectivity index (χ3v) is 3.79. The lowest BCUT2D eigenvalue weighted by molar-refractivity contribution is 0.0997. The van der Waals surface area contributed by atoms with E-state index in [0.29, 0.717) is 16.3 Å². The Morgan fingerprint density at radius 2 is 1.70 bits per heavy atom. The van der Waals surface area contributed by atoms with Crippen LogP contribution in [0.3, 0.4) is 0 Å². The minimum atomic E-state index is -0.694. The lowest BCUT2D eigenvalue weighted by Gasteiger charge is -2.05. The number of halogens is 3. The summed E-state index contributed by atoms with van der Waals surface area (Å²) in [5.41, 5.74) is 0.653. The normalized spacial score (nSPS) is 10.6. The van der Waals surface area contributed by atoms with Crippen LogP contribution in [0.2, 0.25) is 10.0 Å². The van der Waals surface area contributed by atoms with Gasteiger partial charge in [-0.05, 0) is 36.4 Å². The van der Waals surface area contributed by atoms with Crippen molar-refractivity contribution in [3.63, 3.8) is 0 Å². The van der Waals surface area contributed by atoms with Crippen molar-refractivity contribution in [3.8, 4) is 11.3 Å². The van der Waals surface area contributed by atoms with E-state index in [9.17, 15) is 9.18 Å². The van der Waals surface area contributed by atoms with E-state index in [2.05, 4.69) is 5.32 Å². The summed E-state index contributed by atoms with van der Waals surface area (Å²) < 4.78 is 19.3. The van der Waals surface area contributed by atoms with E-state index in [1.165, 1.54) is 18.2 Å². The minimum Gasteiger partial charge on any atom is -0.451 e. The van der Waals surface area contributed by atoms with Crippen LogP contribution in [0.5, 0.6) is 0 Å². The lowest BCUT2D eigenvalue weighted by Crippen LogP contribution is -2.12. The number of carbonyl (C=O) groups is 1. The summed E-state index contributed by atoms with van der Waals surface area (Å²) in [5, 5.41) is 2.86. The van der Waals surface area contributed by atoms with Crippen LogP contribution in [-0.2, 0) is 0 Å². The molecule has 3 nitrogen and oxygen atoms in total. The summed E-state index contributed by atoms with van der Waals surface area (Å²) in [5.74, 6) is -0.781. The molecule has 0 bridgehead atoms. The molecule has 1 amide bonds. The molecule has 0 aliphatic carbocycles. The molecule has 0 fully saturated rings. The van der Waals surface area contributed by atoms with Gasteiger partial charge in [0.2, 0.25) is 0 Å². The van der Waals surface area contributed by atoms with Gasteiger partial charge in [0, 0.05) is 5.56 Å². The van der Waals surface area contributed by atoms with Gasteiger partial charge in [-0.1, -0.05) is 41.4 Å². The fraction of sp³-hybridized carbons (Fsp3) is 0. The Bertz CT molecular complexity index is 877. The molecule has 1 aromatic heterocycles. The summed E-state index contributed by atoms with van der Waals surface area (Å²) in [6, 6.07) is 14.6. The second-order valence-electron chi connectivity index (χ2n) is 4.70. The number of nitrogens with one attached hydrogen (secondary N) is 1. The van der Waals surface area contributed by atoms with Crippen molar-refractivity contribution in [2.24, 2.45) is 0 Å². The predicted molar refractivity (Wildman–Crippen MR) is 88.5 cm³/mol. The molecule has 0 atom stereocenters. The molecular formula is C17H10Cl2FNO2. The fourth-order valence-corrected chi connectivity index (χ4v) is 2.45. The van der Waals surface area contributed by atoms with Gasteiger partial charge in [-0.15, -0.1) is 0 Å². The van der Waals surface area contributed by atoms with Crippen LogP contribution in [0.15, 0.2) is 59.0 Å². The maximum absolute atomic E-state index is 13.8. The van der Waals surface area contributed by atoms with Crippen molar-refractivity contribution in [1.29, 1.82) is 0 Å². The van der Waals surface area contributed by atoms with Gasteiger partial charge >= 0.3 is 0 Å². The molecule has 0 aliphatic heterocycles. The van der Waals surface area contributed by atoms with Gasteiger partial charge in [-0.25, -0.2) is 4.39 Å². The van der Waals surface area contributed by atoms with E-state index in [-0.39, 0.29) is 16.5 Å². The summed E-state index contributed by atoms with van der Waals surface area (Å²) in [6.07, 6.45) is 0. The maximum Gasteiger partial charge on any atom is 0.291 e. The first kappa shape index (κ1) is 15.6. The zero-order valence-electron chi connectivity index (χ0n) is 11.6. The van der Waals surface area contributed by atoms with Crippen molar-refractivity contribution < 1.29 is 13.6 Å². The quantitative estimate of drug-likeness (QED) is 0.664. The first-order chi connectivity index (χ1) is 11.1. The number of rotatable bonds is 3. The van der Waals surface area contributed by atoms with Crippen LogP contribution in [0.4, 0.5) is 10.1 Å². The van der Waals surface area contributed by atoms with Crippen LogP contribution >= 0.6 is 23.2 Å². The Morgan fingerprint density at radius 3 is 2.48 bits per heavy atom. The molecule has 0 aliphatic rings. The summed E-state index contributed by atoms with van der Waals surface area (Å²) in [6.45, 7) is 0. The zero-order chi connectivity index (χ0) is 16.4. The van der Waals surface area contributed by atoms with Crippen LogP contribution in [0.1, 0.15) is 10.6 Å². The number of benzene rings is 2. The smallest absolute Gasteiger partial charge is 0.291 e. The fourth-order valence-electron chi connectivity index (χ4n) is 2.05. The van der Waals surface area contributed by atoms with Crippen molar-refractivity contribution >= 4 is 34.8 Å². The number of furan rings is 1. The number of hydrogen-bond acceptors (Lipinski definition) is 2. The van der Waals surface area contributed by atoms with Crippen LogP contribution in [-0.4, -0.2) is 5.91 Å². The molecule has 0 saturated heterocycles. The van der Waals surface area contributed by atoms with Gasteiger partial charge < -0.3 is 9.73 Å². The summed E-state index contributed by atoms with van der Waals surface area (Å²) in [4.78, 5) is 12.2. The van der Waals surface area contributed by atoms with Crippen LogP contribution in [0.25, 0.3) is 11.3 Å². The molecular weight excluding hydrogens is 340 g/mol. The van der Waals surface area contributed by atoms with E-state index in [1.54, 1.807) is 30.3 Å².